The number of alkyl halides is 3. The second-order valence-corrected chi connectivity index (χ2v) is 8.86. The first kappa shape index (κ1) is 27.8. The molecule has 1 unspecified atom stereocenters. The van der Waals surface area contributed by atoms with Gasteiger partial charge in [-0.25, -0.2) is 19.2 Å². The zero-order chi connectivity index (χ0) is 28.3. The van der Waals surface area contributed by atoms with E-state index in [2.05, 4.69) is 15.3 Å². The van der Waals surface area contributed by atoms with Crippen molar-refractivity contribution < 1.29 is 36.9 Å². The molecule has 7 nitrogen and oxygen atoms in total. The quantitative estimate of drug-likeness (QED) is 0.192. The van der Waals surface area contributed by atoms with Gasteiger partial charge in [-0.15, -0.1) is 0 Å². The Morgan fingerprint density at radius 2 is 1.79 bits per heavy atom. The zero-order valence-corrected chi connectivity index (χ0v) is 21.3. The fourth-order valence-electron chi connectivity index (χ4n) is 4.08. The van der Waals surface area contributed by atoms with E-state index in [1.165, 1.54) is 25.3 Å². The molecule has 0 bridgehead atoms. The predicted molar refractivity (Wildman–Crippen MR) is 137 cm³/mol. The summed E-state index contributed by atoms with van der Waals surface area (Å²) < 4.78 is 65.6. The van der Waals surface area contributed by atoms with Gasteiger partial charge in [0, 0.05) is 29.7 Å². The molecule has 0 saturated carbocycles. The number of fused-ring (bicyclic) bond motifs is 1. The number of hydrogen-bond donors (Lipinski definition) is 2. The van der Waals surface area contributed by atoms with Crippen LogP contribution in [0.4, 0.5) is 17.6 Å². The average Bonchev–Trinajstić information content (AvgIpc) is 2.89. The number of carboxylic acid groups (broad SMARTS) is 1. The summed E-state index contributed by atoms with van der Waals surface area (Å²) in [5, 5.41) is 12.8. The minimum Gasteiger partial charge on any atom is -0.497 e. The number of hydrogen-bond acceptors (Lipinski definition) is 6. The lowest BCUT2D eigenvalue weighted by Gasteiger charge is -2.17. The molecule has 0 aliphatic rings. The Bertz CT molecular complexity index is 1530. The van der Waals surface area contributed by atoms with Gasteiger partial charge in [-0.1, -0.05) is 6.07 Å². The molecule has 0 radical (unpaired) electrons. The Morgan fingerprint density at radius 3 is 2.49 bits per heavy atom. The Labute approximate surface area is 221 Å². The van der Waals surface area contributed by atoms with E-state index in [4.69, 9.17) is 9.47 Å². The molecule has 4 aromatic rings. The topological polar surface area (TPSA) is 93.6 Å². The lowest BCUT2D eigenvalue weighted by atomic mass is 10.00. The van der Waals surface area contributed by atoms with Crippen LogP contribution < -0.4 is 14.8 Å². The smallest absolute Gasteiger partial charge is 0.416 e. The van der Waals surface area contributed by atoms with Crippen molar-refractivity contribution in [3.63, 3.8) is 0 Å². The van der Waals surface area contributed by atoms with Crippen molar-refractivity contribution in [1.29, 1.82) is 0 Å². The molecule has 1 heterocycles. The van der Waals surface area contributed by atoms with E-state index in [0.717, 1.165) is 12.1 Å². The Hall–Kier alpha value is -4.25. The van der Waals surface area contributed by atoms with Crippen LogP contribution in [0.3, 0.4) is 0 Å². The molecule has 11 heteroatoms. The predicted octanol–water partition coefficient (Wildman–Crippen LogP) is 6.20. The van der Waals surface area contributed by atoms with Gasteiger partial charge in [-0.3, -0.25) is 0 Å². The first-order valence-corrected chi connectivity index (χ1v) is 11.9. The van der Waals surface area contributed by atoms with E-state index >= 15 is 0 Å². The fraction of sp³-hybridized carbons (Fsp3) is 0.250. The van der Waals surface area contributed by atoms with E-state index in [9.17, 15) is 27.5 Å². The van der Waals surface area contributed by atoms with E-state index in [-0.39, 0.29) is 36.3 Å². The molecule has 4 rings (SSSR count). The molecule has 0 saturated heterocycles. The summed E-state index contributed by atoms with van der Waals surface area (Å²) in [7, 11) is 1.44. The molecule has 2 N–H and O–H groups in total. The van der Waals surface area contributed by atoms with Crippen LogP contribution in [0.1, 0.15) is 40.4 Å². The van der Waals surface area contributed by atoms with Crippen molar-refractivity contribution in [3.8, 4) is 22.6 Å². The van der Waals surface area contributed by atoms with Crippen LogP contribution >= 0.6 is 0 Å². The SMILES string of the molecule is COc1cc(F)cc(C(C)NCCOc2cc(-c3ccc4nc(C(=O)O)nc(C)c4c3)cc(C(F)(F)F)c2)c1. The number of carboxylic acids is 1. The van der Waals surface area contributed by atoms with Crippen LogP contribution in [0.15, 0.2) is 54.6 Å². The normalized spacial score (nSPS) is 12.4. The summed E-state index contributed by atoms with van der Waals surface area (Å²) in [6.07, 6.45) is -4.61. The van der Waals surface area contributed by atoms with E-state index in [1.807, 2.05) is 6.92 Å². The number of rotatable bonds is 9. The van der Waals surface area contributed by atoms with Crippen molar-refractivity contribution >= 4 is 16.9 Å². The molecule has 0 amide bonds. The number of aromatic carboxylic acids is 1. The molecular formula is C28H25F4N3O4. The number of carbonyl (C=O) groups is 1. The second kappa shape index (κ2) is 11.2. The second-order valence-electron chi connectivity index (χ2n) is 8.86. The number of nitrogens with one attached hydrogen (secondary N) is 1. The van der Waals surface area contributed by atoms with Crippen LogP contribution in [0.5, 0.6) is 11.5 Å². The van der Waals surface area contributed by atoms with Crippen LogP contribution in [0.2, 0.25) is 0 Å². The van der Waals surface area contributed by atoms with Crippen molar-refractivity contribution in [2.24, 2.45) is 0 Å². The Balaban J connectivity index is 1.54. The van der Waals surface area contributed by atoms with Crippen molar-refractivity contribution in [1.82, 2.24) is 15.3 Å². The molecule has 204 valence electrons. The third-order valence-electron chi connectivity index (χ3n) is 6.10. The van der Waals surface area contributed by atoms with Crippen LogP contribution in [-0.4, -0.2) is 41.3 Å². The highest BCUT2D eigenvalue weighted by Gasteiger charge is 2.31. The maximum Gasteiger partial charge on any atom is 0.416 e. The third kappa shape index (κ3) is 6.61. The Morgan fingerprint density at radius 1 is 1.03 bits per heavy atom. The fourth-order valence-corrected chi connectivity index (χ4v) is 4.08. The summed E-state index contributed by atoms with van der Waals surface area (Å²) in [6, 6.07) is 12.2. The van der Waals surface area contributed by atoms with Gasteiger partial charge in [0.2, 0.25) is 5.82 Å². The van der Waals surface area contributed by atoms with E-state index in [1.54, 1.807) is 31.2 Å². The maximum atomic E-state index is 13.8. The van der Waals surface area contributed by atoms with Crippen LogP contribution in [0.25, 0.3) is 22.0 Å². The van der Waals surface area contributed by atoms with Gasteiger partial charge in [0.25, 0.3) is 0 Å². The van der Waals surface area contributed by atoms with E-state index < -0.39 is 23.5 Å². The number of ether oxygens (including phenoxy) is 2. The van der Waals surface area contributed by atoms with Gasteiger partial charge in [-0.05, 0) is 73.0 Å². The lowest BCUT2D eigenvalue weighted by molar-refractivity contribution is -0.137. The number of methoxy groups -OCH3 is 1. The molecule has 39 heavy (non-hydrogen) atoms. The first-order chi connectivity index (χ1) is 18.4. The zero-order valence-electron chi connectivity index (χ0n) is 21.3. The highest BCUT2D eigenvalue weighted by atomic mass is 19.4. The van der Waals surface area contributed by atoms with Gasteiger partial charge in [0.05, 0.1) is 18.2 Å². The van der Waals surface area contributed by atoms with Crippen LogP contribution in [0, 0.1) is 12.7 Å². The van der Waals surface area contributed by atoms with Crippen molar-refractivity contribution in [2.45, 2.75) is 26.1 Å². The van der Waals surface area contributed by atoms with Gasteiger partial charge in [0.15, 0.2) is 0 Å². The Kier molecular flexibility index (Phi) is 8.01. The summed E-state index contributed by atoms with van der Waals surface area (Å²) in [6.45, 7) is 3.76. The largest absolute Gasteiger partial charge is 0.497 e. The summed E-state index contributed by atoms with van der Waals surface area (Å²) in [5.74, 6) is -1.67. The standard InChI is InChI=1S/C28H25F4N3O4/c1-15(18-9-21(29)14-22(10-18)38-3)33-6-7-39-23-11-19(8-20(13-23)28(30,31)32)17-4-5-25-24(12-17)16(2)34-26(35-25)27(36)37/h4-5,8-15,33H,6-7H2,1-3H3,(H,36,37). The summed E-state index contributed by atoms with van der Waals surface area (Å²) >= 11 is 0. The third-order valence-corrected chi connectivity index (χ3v) is 6.10. The molecule has 3 aromatic carbocycles. The number of nitrogens with zero attached hydrogens (tertiary/aromatic N) is 2. The highest BCUT2D eigenvalue weighted by molar-refractivity contribution is 5.90. The minimum absolute atomic E-state index is 0.0241. The molecule has 0 aliphatic carbocycles. The van der Waals surface area contributed by atoms with E-state index in [0.29, 0.717) is 33.5 Å². The molecule has 0 fully saturated rings. The number of halogens is 4. The number of benzene rings is 3. The average molecular weight is 544 g/mol. The molecule has 0 spiro atoms. The van der Waals surface area contributed by atoms with Gasteiger partial charge in [0.1, 0.15) is 23.9 Å². The maximum absolute atomic E-state index is 13.8. The van der Waals surface area contributed by atoms with Gasteiger partial charge < -0.3 is 19.9 Å². The van der Waals surface area contributed by atoms with Crippen molar-refractivity contribution in [2.75, 3.05) is 20.3 Å². The summed E-state index contributed by atoms with van der Waals surface area (Å²) in [5.41, 5.74) is 1.25. The lowest BCUT2D eigenvalue weighted by Crippen LogP contribution is -2.24. The molecular weight excluding hydrogens is 518 g/mol. The number of aryl methyl sites for hydroxylation is 1. The van der Waals surface area contributed by atoms with Gasteiger partial charge in [-0.2, -0.15) is 13.2 Å². The van der Waals surface area contributed by atoms with Crippen LogP contribution in [-0.2, 0) is 6.18 Å². The van der Waals surface area contributed by atoms with Gasteiger partial charge >= 0.3 is 12.1 Å². The molecule has 1 atom stereocenters. The van der Waals surface area contributed by atoms with Crippen molar-refractivity contribution in [3.05, 3.63) is 83.1 Å². The summed E-state index contributed by atoms with van der Waals surface area (Å²) in [4.78, 5) is 19.2. The minimum atomic E-state index is -4.61. The molecule has 0 aliphatic heterocycles. The monoisotopic (exact) mass is 543 g/mol. The first-order valence-electron chi connectivity index (χ1n) is 11.9. The molecule has 1 aromatic heterocycles. The highest BCUT2D eigenvalue weighted by Crippen LogP contribution is 2.36. The number of aromatic nitrogens is 2.